The van der Waals surface area contributed by atoms with Crippen LogP contribution in [0.4, 0.5) is 0 Å². The molecule has 1 rings (SSSR count). The van der Waals surface area contributed by atoms with Gasteiger partial charge in [0.15, 0.2) is 6.29 Å². The summed E-state index contributed by atoms with van der Waals surface area (Å²) in [7, 11) is 0. The maximum absolute atomic E-state index is 5.52. The summed E-state index contributed by atoms with van der Waals surface area (Å²) < 4.78 is 10.8. The summed E-state index contributed by atoms with van der Waals surface area (Å²) in [4.78, 5) is 0. The van der Waals surface area contributed by atoms with Gasteiger partial charge in [0.1, 0.15) is 0 Å². The standard InChI is InChI=1S/C7H13ClO2/c1-5-6(2)10-7(9-5)3-4-8/h5-7H,3-4H2,1-2H3. The lowest BCUT2D eigenvalue weighted by Crippen LogP contribution is -2.13. The van der Waals surface area contributed by atoms with E-state index in [2.05, 4.69) is 0 Å². The molecule has 0 aromatic carbocycles. The second kappa shape index (κ2) is 3.56. The van der Waals surface area contributed by atoms with Crippen LogP contribution in [0.1, 0.15) is 20.3 Å². The zero-order chi connectivity index (χ0) is 7.56. The number of ether oxygens (including phenoxy) is 2. The summed E-state index contributed by atoms with van der Waals surface area (Å²) in [6, 6.07) is 0. The van der Waals surface area contributed by atoms with Gasteiger partial charge in [-0.15, -0.1) is 11.6 Å². The highest BCUT2D eigenvalue weighted by atomic mass is 35.5. The third-order valence-electron chi connectivity index (χ3n) is 1.74. The van der Waals surface area contributed by atoms with Crippen LogP contribution in [0.15, 0.2) is 0 Å². The lowest BCUT2D eigenvalue weighted by Gasteiger charge is -2.05. The first kappa shape index (κ1) is 8.31. The third-order valence-corrected chi connectivity index (χ3v) is 1.96. The lowest BCUT2D eigenvalue weighted by molar-refractivity contribution is -0.0629. The molecular weight excluding hydrogens is 152 g/mol. The van der Waals surface area contributed by atoms with Gasteiger partial charge < -0.3 is 9.47 Å². The number of hydrogen-bond donors (Lipinski definition) is 0. The maximum atomic E-state index is 5.52. The van der Waals surface area contributed by atoms with Gasteiger partial charge in [-0.2, -0.15) is 0 Å². The molecule has 2 unspecified atom stereocenters. The predicted octanol–water partition coefficient (Wildman–Crippen LogP) is 1.77. The number of rotatable bonds is 2. The van der Waals surface area contributed by atoms with Gasteiger partial charge in [-0.1, -0.05) is 0 Å². The normalized spacial score (nSPS) is 40.5. The molecule has 0 N–H and O–H groups in total. The van der Waals surface area contributed by atoms with E-state index in [0.717, 1.165) is 6.42 Å². The Morgan fingerprint density at radius 1 is 1.20 bits per heavy atom. The topological polar surface area (TPSA) is 18.5 Å². The Hall–Kier alpha value is 0.210. The van der Waals surface area contributed by atoms with Crippen molar-refractivity contribution in [3.05, 3.63) is 0 Å². The highest BCUT2D eigenvalue weighted by molar-refractivity contribution is 6.17. The number of alkyl halides is 1. The van der Waals surface area contributed by atoms with Gasteiger partial charge in [0.2, 0.25) is 0 Å². The molecule has 3 heteroatoms. The van der Waals surface area contributed by atoms with Gasteiger partial charge in [-0.05, 0) is 13.8 Å². The fraction of sp³-hybridized carbons (Fsp3) is 1.00. The second-order valence-corrected chi connectivity index (χ2v) is 2.97. The summed E-state index contributed by atoms with van der Waals surface area (Å²) >= 11 is 5.52. The van der Waals surface area contributed by atoms with E-state index in [1.54, 1.807) is 0 Å². The lowest BCUT2D eigenvalue weighted by atomic mass is 10.3. The Balaban J connectivity index is 2.27. The molecule has 0 spiro atoms. The molecule has 1 heterocycles. The fourth-order valence-electron chi connectivity index (χ4n) is 0.957. The summed E-state index contributed by atoms with van der Waals surface area (Å²) in [5.41, 5.74) is 0. The van der Waals surface area contributed by atoms with Crippen molar-refractivity contribution in [2.45, 2.75) is 38.8 Å². The first-order valence-corrected chi connectivity index (χ1v) is 4.14. The van der Waals surface area contributed by atoms with E-state index in [-0.39, 0.29) is 18.5 Å². The van der Waals surface area contributed by atoms with Crippen molar-refractivity contribution < 1.29 is 9.47 Å². The molecule has 0 aromatic heterocycles. The minimum absolute atomic E-state index is 0.0671. The second-order valence-electron chi connectivity index (χ2n) is 2.59. The monoisotopic (exact) mass is 164 g/mol. The molecule has 0 saturated carbocycles. The van der Waals surface area contributed by atoms with Crippen molar-refractivity contribution in [3.8, 4) is 0 Å². The van der Waals surface area contributed by atoms with Gasteiger partial charge in [0.25, 0.3) is 0 Å². The molecule has 1 aliphatic heterocycles. The molecule has 0 aromatic rings. The van der Waals surface area contributed by atoms with Crippen LogP contribution in [-0.4, -0.2) is 24.4 Å². The first-order chi connectivity index (χ1) is 4.74. The van der Waals surface area contributed by atoms with Gasteiger partial charge in [0.05, 0.1) is 12.2 Å². The van der Waals surface area contributed by atoms with E-state index < -0.39 is 0 Å². The zero-order valence-electron chi connectivity index (χ0n) is 6.34. The molecular formula is C7H13ClO2. The molecule has 0 aliphatic carbocycles. The number of hydrogen-bond acceptors (Lipinski definition) is 2. The van der Waals surface area contributed by atoms with E-state index in [4.69, 9.17) is 21.1 Å². The van der Waals surface area contributed by atoms with Crippen molar-refractivity contribution in [2.75, 3.05) is 5.88 Å². The van der Waals surface area contributed by atoms with Crippen LogP contribution in [0.2, 0.25) is 0 Å². The highest BCUT2D eigenvalue weighted by Crippen LogP contribution is 2.20. The van der Waals surface area contributed by atoms with Crippen LogP contribution in [0, 0.1) is 0 Å². The van der Waals surface area contributed by atoms with E-state index >= 15 is 0 Å². The Bertz CT molecular complexity index is 97.8. The van der Waals surface area contributed by atoms with E-state index in [1.165, 1.54) is 0 Å². The van der Waals surface area contributed by atoms with Gasteiger partial charge in [-0.3, -0.25) is 0 Å². The average Bonchev–Trinajstić information content (AvgIpc) is 2.14. The molecule has 60 valence electrons. The molecule has 2 nitrogen and oxygen atoms in total. The van der Waals surface area contributed by atoms with Crippen molar-refractivity contribution in [3.63, 3.8) is 0 Å². The van der Waals surface area contributed by atoms with Crippen LogP contribution < -0.4 is 0 Å². The molecule has 0 radical (unpaired) electrons. The van der Waals surface area contributed by atoms with Crippen molar-refractivity contribution in [1.82, 2.24) is 0 Å². The first-order valence-electron chi connectivity index (χ1n) is 3.61. The molecule has 1 aliphatic rings. The van der Waals surface area contributed by atoms with Crippen LogP contribution in [0.3, 0.4) is 0 Å². The quantitative estimate of drug-likeness (QED) is 0.580. The van der Waals surface area contributed by atoms with Crippen molar-refractivity contribution in [1.29, 1.82) is 0 Å². The molecule has 1 fully saturated rings. The Labute approximate surface area is 66.5 Å². The maximum Gasteiger partial charge on any atom is 0.159 e. The van der Waals surface area contributed by atoms with Crippen LogP contribution >= 0.6 is 11.6 Å². The van der Waals surface area contributed by atoms with Crippen molar-refractivity contribution in [2.24, 2.45) is 0 Å². The van der Waals surface area contributed by atoms with E-state index in [0.29, 0.717) is 5.88 Å². The van der Waals surface area contributed by atoms with Crippen LogP contribution in [-0.2, 0) is 9.47 Å². The summed E-state index contributed by atoms with van der Waals surface area (Å²) in [6.07, 6.45) is 1.15. The minimum Gasteiger partial charge on any atom is -0.347 e. The Morgan fingerprint density at radius 2 is 1.70 bits per heavy atom. The summed E-state index contributed by atoms with van der Waals surface area (Å²) in [5, 5.41) is 0. The smallest absolute Gasteiger partial charge is 0.159 e. The summed E-state index contributed by atoms with van der Waals surface area (Å²) in [6.45, 7) is 4.03. The van der Waals surface area contributed by atoms with E-state index in [1.807, 2.05) is 13.8 Å². The number of halogens is 1. The highest BCUT2D eigenvalue weighted by Gasteiger charge is 2.28. The van der Waals surface area contributed by atoms with E-state index in [9.17, 15) is 0 Å². The average molecular weight is 165 g/mol. The van der Waals surface area contributed by atoms with Gasteiger partial charge in [0, 0.05) is 12.3 Å². The molecule has 0 amide bonds. The van der Waals surface area contributed by atoms with Crippen LogP contribution in [0.5, 0.6) is 0 Å². The fourth-order valence-corrected chi connectivity index (χ4v) is 1.14. The van der Waals surface area contributed by atoms with Gasteiger partial charge >= 0.3 is 0 Å². The largest absolute Gasteiger partial charge is 0.347 e. The Kier molecular flexibility index (Phi) is 2.96. The minimum atomic E-state index is -0.0671. The third kappa shape index (κ3) is 1.84. The molecule has 10 heavy (non-hydrogen) atoms. The SMILES string of the molecule is CC1OC(CCCl)OC1C. The molecule has 0 bridgehead atoms. The van der Waals surface area contributed by atoms with Gasteiger partial charge in [-0.25, -0.2) is 0 Å². The Morgan fingerprint density at radius 3 is 2.10 bits per heavy atom. The zero-order valence-corrected chi connectivity index (χ0v) is 7.10. The molecule has 1 saturated heterocycles. The summed E-state index contributed by atoms with van der Waals surface area (Å²) in [5.74, 6) is 0.601. The van der Waals surface area contributed by atoms with Crippen molar-refractivity contribution >= 4 is 11.6 Å². The van der Waals surface area contributed by atoms with Crippen LogP contribution in [0.25, 0.3) is 0 Å². The molecule has 2 atom stereocenters. The predicted molar refractivity (Wildman–Crippen MR) is 40.2 cm³/mol.